The molecule has 1 atom stereocenters. The highest BCUT2D eigenvalue weighted by Gasteiger charge is 2.10. The van der Waals surface area contributed by atoms with Crippen LogP contribution in [0, 0.1) is 0 Å². The molecule has 0 aliphatic carbocycles. The van der Waals surface area contributed by atoms with Crippen LogP contribution in [0.25, 0.3) is 0 Å². The van der Waals surface area contributed by atoms with E-state index in [1.54, 1.807) is 12.3 Å². The Morgan fingerprint density at radius 2 is 2.47 bits per heavy atom. The Balaban J connectivity index is 2.24. The van der Waals surface area contributed by atoms with Crippen LogP contribution < -0.4 is 10.6 Å². The van der Waals surface area contributed by atoms with Crippen molar-refractivity contribution in [3.63, 3.8) is 0 Å². The van der Waals surface area contributed by atoms with Gasteiger partial charge in [-0.1, -0.05) is 6.08 Å². The van der Waals surface area contributed by atoms with E-state index in [0.717, 1.165) is 18.8 Å². The summed E-state index contributed by atoms with van der Waals surface area (Å²) in [6.45, 7) is 6.63. The van der Waals surface area contributed by atoms with E-state index in [0.29, 0.717) is 6.54 Å². The fraction of sp³-hybridized carbons (Fsp3) is 0.500. The molecular weight excluding hydrogens is 216 g/mol. The van der Waals surface area contributed by atoms with E-state index in [9.17, 15) is 4.79 Å². The van der Waals surface area contributed by atoms with Gasteiger partial charge >= 0.3 is 0 Å². The van der Waals surface area contributed by atoms with E-state index in [1.165, 1.54) is 0 Å². The number of carbonyl (C=O) groups is 1. The molecule has 0 fully saturated rings. The lowest BCUT2D eigenvalue weighted by molar-refractivity contribution is -0.122. The molecule has 0 bridgehead atoms. The van der Waals surface area contributed by atoms with Gasteiger partial charge in [-0.15, -0.1) is 6.58 Å². The molecule has 94 valence electrons. The molecule has 17 heavy (non-hydrogen) atoms. The topological polar surface area (TPSA) is 59.0 Å². The van der Waals surface area contributed by atoms with Crippen molar-refractivity contribution in [1.29, 1.82) is 0 Å². The predicted molar refractivity (Wildman–Crippen MR) is 67.6 cm³/mol. The first-order chi connectivity index (χ1) is 8.15. The number of hydrogen-bond donors (Lipinski definition) is 2. The van der Waals surface area contributed by atoms with Gasteiger partial charge in [0, 0.05) is 39.0 Å². The Kier molecular flexibility index (Phi) is 5.42. The first-order valence-corrected chi connectivity index (χ1v) is 5.73. The van der Waals surface area contributed by atoms with Gasteiger partial charge in [-0.2, -0.15) is 0 Å². The second-order valence-electron chi connectivity index (χ2n) is 3.91. The standard InChI is InChI=1S/C12H20N4O/c1-4-6-15-12(17)10(2)13-7-5-11-14-8-9-16(11)3/h4,8-10,13H,1,5-7H2,2-3H3,(H,15,17). The normalized spacial score (nSPS) is 12.1. The molecule has 0 spiro atoms. The van der Waals surface area contributed by atoms with Crippen LogP contribution in [0.2, 0.25) is 0 Å². The maximum absolute atomic E-state index is 11.5. The maximum Gasteiger partial charge on any atom is 0.237 e. The summed E-state index contributed by atoms with van der Waals surface area (Å²) in [6.07, 6.45) is 6.16. The van der Waals surface area contributed by atoms with Gasteiger partial charge in [0.25, 0.3) is 0 Å². The number of nitrogens with one attached hydrogen (secondary N) is 2. The molecular formula is C12H20N4O. The molecule has 1 unspecified atom stereocenters. The lowest BCUT2D eigenvalue weighted by Crippen LogP contribution is -2.43. The van der Waals surface area contributed by atoms with Crippen molar-refractivity contribution in [1.82, 2.24) is 20.2 Å². The molecule has 5 heteroatoms. The van der Waals surface area contributed by atoms with E-state index in [2.05, 4.69) is 22.2 Å². The number of rotatable bonds is 7. The fourth-order valence-corrected chi connectivity index (χ4v) is 1.46. The molecule has 5 nitrogen and oxygen atoms in total. The number of aromatic nitrogens is 2. The van der Waals surface area contributed by atoms with Crippen molar-refractivity contribution in [2.45, 2.75) is 19.4 Å². The van der Waals surface area contributed by atoms with Gasteiger partial charge in [0.1, 0.15) is 5.82 Å². The van der Waals surface area contributed by atoms with Gasteiger partial charge < -0.3 is 15.2 Å². The van der Waals surface area contributed by atoms with Gasteiger partial charge in [-0.3, -0.25) is 4.79 Å². The van der Waals surface area contributed by atoms with E-state index in [-0.39, 0.29) is 11.9 Å². The number of amides is 1. The zero-order valence-corrected chi connectivity index (χ0v) is 10.4. The highest BCUT2D eigenvalue weighted by molar-refractivity contribution is 5.81. The summed E-state index contributed by atoms with van der Waals surface area (Å²) < 4.78 is 1.98. The third-order valence-corrected chi connectivity index (χ3v) is 2.53. The van der Waals surface area contributed by atoms with Crippen LogP contribution in [0.15, 0.2) is 25.0 Å². The van der Waals surface area contributed by atoms with Gasteiger partial charge in [0.15, 0.2) is 0 Å². The molecule has 0 aromatic carbocycles. The van der Waals surface area contributed by atoms with E-state index >= 15 is 0 Å². The van der Waals surface area contributed by atoms with Crippen LogP contribution in [-0.2, 0) is 18.3 Å². The minimum absolute atomic E-state index is 0.00950. The van der Waals surface area contributed by atoms with Crippen LogP contribution in [0.1, 0.15) is 12.7 Å². The van der Waals surface area contributed by atoms with Gasteiger partial charge in [0.05, 0.1) is 6.04 Å². The first-order valence-electron chi connectivity index (χ1n) is 5.73. The summed E-state index contributed by atoms with van der Waals surface area (Å²) in [4.78, 5) is 15.7. The molecule has 2 N–H and O–H groups in total. The second-order valence-corrected chi connectivity index (χ2v) is 3.91. The van der Waals surface area contributed by atoms with Crippen molar-refractivity contribution in [2.75, 3.05) is 13.1 Å². The number of aryl methyl sites for hydroxylation is 1. The molecule has 0 saturated carbocycles. The van der Waals surface area contributed by atoms with Crippen molar-refractivity contribution >= 4 is 5.91 Å². The smallest absolute Gasteiger partial charge is 0.237 e. The monoisotopic (exact) mass is 236 g/mol. The fourth-order valence-electron chi connectivity index (χ4n) is 1.46. The average molecular weight is 236 g/mol. The highest BCUT2D eigenvalue weighted by Crippen LogP contribution is 1.94. The summed E-state index contributed by atoms with van der Waals surface area (Å²) in [5, 5.41) is 5.90. The van der Waals surface area contributed by atoms with Gasteiger partial charge in [-0.05, 0) is 6.92 Å². The molecule has 1 aromatic heterocycles. The third-order valence-electron chi connectivity index (χ3n) is 2.53. The van der Waals surface area contributed by atoms with Crippen molar-refractivity contribution in [2.24, 2.45) is 7.05 Å². The Morgan fingerprint density at radius 1 is 1.71 bits per heavy atom. The largest absolute Gasteiger partial charge is 0.351 e. The molecule has 0 radical (unpaired) electrons. The van der Waals surface area contributed by atoms with E-state index in [4.69, 9.17) is 0 Å². The first kappa shape index (κ1) is 13.4. The van der Waals surface area contributed by atoms with Gasteiger partial charge in [-0.25, -0.2) is 4.98 Å². The summed E-state index contributed by atoms with van der Waals surface area (Å²) in [6, 6.07) is -0.199. The predicted octanol–water partition coefficient (Wildman–Crippen LogP) is 0.243. The maximum atomic E-state index is 11.5. The Labute approximate surface area is 102 Å². The molecule has 1 heterocycles. The lowest BCUT2D eigenvalue weighted by atomic mass is 10.3. The van der Waals surface area contributed by atoms with E-state index in [1.807, 2.05) is 24.7 Å². The molecule has 1 aromatic rings. The molecule has 0 aliphatic rings. The van der Waals surface area contributed by atoms with Crippen LogP contribution >= 0.6 is 0 Å². The zero-order chi connectivity index (χ0) is 12.7. The van der Waals surface area contributed by atoms with Crippen LogP contribution in [0.4, 0.5) is 0 Å². The summed E-state index contributed by atoms with van der Waals surface area (Å²) >= 11 is 0. The molecule has 0 saturated heterocycles. The number of imidazole rings is 1. The van der Waals surface area contributed by atoms with Crippen LogP contribution in [-0.4, -0.2) is 34.6 Å². The molecule has 0 aliphatic heterocycles. The van der Waals surface area contributed by atoms with Crippen molar-refractivity contribution in [3.8, 4) is 0 Å². The minimum Gasteiger partial charge on any atom is -0.351 e. The van der Waals surface area contributed by atoms with Crippen LogP contribution in [0.5, 0.6) is 0 Å². The summed E-state index contributed by atoms with van der Waals surface area (Å²) in [7, 11) is 1.96. The summed E-state index contributed by atoms with van der Waals surface area (Å²) in [5.41, 5.74) is 0. The van der Waals surface area contributed by atoms with Crippen molar-refractivity contribution < 1.29 is 4.79 Å². The van der Waals surface area contributed by atoms with Gasteiger partial charge in [0.2, 0.25) is 5.91 Å². The average Bonchev–Trinajstić information content (AvgIpc) is 2.72. The minimum atomic E-state index is -0.199. The third kappa shape index (κ3) is 4.40. The van der Waals surface area contributed by atoms with Crippen LogP contribution in [0.3, 0.4) is 0 Å². The summed E-state index contributed by atoms with van der Waals surface area (Å²) in [5.74, 6) is 1.00. The van der Waals surface area contributed by atoms with E-state index < -0.39 is 0 Å². The SMILES string of the molecule is C=CCNC(=O)C(C)NCCc1nccn1C. The number of nitrogens with zero attached hydrogens (tertiary/aromatic N) is 2. The Hall–Kier alpha value is -1.62. The zero-order valence-electron chi connectivity index (χ0n) is 10.4. The molecule has 1 rings (SSSR count). The Morgan fingerprint density at radius 3 is 3.06 bits per heavy atom. The quantitative estimate of drug-likeness (QED) is 0.667. The number of hydrogen-bond acceptors (Lipinski definition) is 3. The lowest BCUT2D eigenvalue weighted by Gasteiger charge is -2.13. The second kappa shape index (κ2) is 6.85. The van der Waals surface area contributed by atoms with Crippen molar-refractivity contribution in [3.05, 3.63) is 30.9 Å². The number of carbonyl (C=O) groups excluding carboxylic acids is 1. The highest BCUT2D eigenvalue weighted by atomic mass is 16.2. The Bertz CT molecular complexity index is 372. The molecule has 1 amide bonds.